The molecule has 3 rings (SSSR count). The van der Waals surface area contributed by atoms with Crippen molar-refractivity contribution >= 4 is 27.5 Å². The maximum absolute atomic E-state index is 14.5. The normalized spacial score (nSPS) is 12.1. The summed E-state index contributed by atoms with van der Waals surface area (Å²) in [5.41, 5.74) is 3.02. The molecule has 0 aliphatic heterocycles. The second kappa shape index (κ2) is 11.6. The van der Waals surface area contributed by atoms with Gasteiger partial charge in [-0.3, -0.25) is 13.9 Å². The van der Waals surface area contributed by atoms with E-state index in [2.05, 4.69) is 5.32 Å². The predicted octanol–water partition coefficient (Wildman–Crippen LogP) is 4.11. The van der Waals surface area contributed by atoms with Gasteiger partial charge in [0.15, 0.2) is 0 Å². The van der Waals surface area contributed by atoms with Crippen LogP contribution in [0.2, 0.25) is 0 Å². The zero-order valence-corrected chi connectivity index (χ0v) is 22.5. The topological polar surface area (TPSA) is 86.8 Å². The summed E-state index contributed by atoms with van der Waals surface area (Å²) < 4.78 is 43.3. The van der Waals surface area contributed by atoms with Crippen LogP contribution >= 0.6 is 0 Å². The van der Waals surface area contributed by atoms with Gasteiger partial charge in [-0.1, -0.05) is 48.0 Å². The molecular weight excluding hydrogens is 493 g/mol. The first kappa shape index (κ1) is 27.9. The number of halogens is 1. The van der Waals surface area contributed by atoms with Crippen LogP contribution in [0.15, 0.2) is 71.6 Å². The van der Waals surface area contributed by atoms with Crippen LogP contribution < -0.4 is 9.62 Å². The van der Waals surface area contributed by atoms with Crippen molar-refractivity contribution in [1.82, 2.24) is 10.2 Å². The molecule has 0 spiro atoms. The molecule has 0 saturated heterocycles. The van der Waals surface area contributed by atoms with Crippen LogP contribution in [-0.2, 0) is 26.2 Å². The Hall–Kier alpha value is -3.72. The lowest BCUT2D eigenvalue weighted by Gasteiger charge is -2.32. The molecule has 2 amide bonds. The van der Waals surface area contributed by atoms with Crippen molar-refractivity contribution in [3.63, 3.8) is 0 Å². The number of carbonyl (C=O) groups is 2. The van der Waals surface area contributed by atoms with E-state index < -0.39 is 40.2 Å². The number of nitrogens with one attached hydrogen (secondary N) is 1. The number of carbonyl (C=O) groups excluding carboxylic acids is 2. The van der Waals surface area contributed by atoms with Gasteiger partial charge >= 0.3 is 0 Å². The number of hydrogen-bond acceptors (Lipinski definition) is 4. The van der Waals surface area contributed by atoms with E-state index in [1.165, 1.54) is 49.2 Å². The molecule has 9 heteroatoms. The number of rotatable bonds is 9. The van der Waals surface area contributed by atoms with Gasteiger partial charge in [0.05, 0.1) is 10.6 Å². The van der Waals surface area contributed by atoms with Gasteiger partial charge in [-0.25, -0.2) is 12.8 Å². The van der Waals surface area contributed by atoms with Gasteiger partial charge in [-0.15, -0.1) is 0 Å². The molecule has 7 nitrogen and oxygen atoms in total. The molecule has 196 valence electrons. The van der Waals surface area contributed by atoms with E-state index in [1.807, 2.05) is 19.9 Å². The van der Waals surface area contributed by atoms with Crippen LogP contribution in [0.25, 0.3) is 0 Å². The number of nitrogens with zero attached hydrogens (tertiary/aromatic N) is 2. The lowest BCUT2D eigenvalue weighted by molar-refractivity contribution is -0.139. The quantitative estimate of drug-likeness (QED) is 0.456. The van der Waals surface area contributed by atoms with Crippen LogP contribution in [0.5, 0.6) is 0 Å². The third kappa shape index (κ3) is 6.17. The lowest BCUT2D eigenvalue weighted by atomic mass is 10.1. The maximum atomic E-state index is 14.5. The number of likely N-dealkylation sites (N-methyl/N-ethyl adjacent to an activating group) is 1. The summed E-state index contributed by atoms with van der Waals surface area (Å²) in [7, 11) is -2.72. The number of sulfonamides is 1. The van der Waals surface area contributed by atoms with Crippen LogP contribution in [0.1, 0.15) is 29.2 Å². The van der Waals surface area contributed by atoms with Gasteiger partial charge in [-0.05, 0) is 63.1 Å². The van der Waals surface area contributed by atoms with Crippen molar-refractivity contribution in [1.29, 1.82) is 0 Å². The van der Waals surface area contributed by atoms with Crippen LogP contribution in [0.4, 0.5) is 10.1 Å². The van der Waals surface area contributed by atoms with E-state index in [9.17, 15) is 22.4 Å². The first-order valence-corrected chi connectivity index (χ1v) is 13.3. The average Bonchev–Trinajstić information content (AvgIpc) is 2.87. The monoisotopic (exact) mass is 525 g/mol. The number of amides is 2. The van der Waals surface area contributed by atoms with E-state index in [-0.39, 0.29) is 17.0 Å². The van der Waals surface area contributed by atoms with E-state index in [0.29, 0.717) is 11.3 Å². The van der Waals surface area contributed by atoms with Crippen LogP contribution in [0.3, 0.4) is 0 Å². The summed E-state index contributed by atoms with van der Waals surface area (Å²) in [5.74, 6) is -1.62. The van der Waals surface area contributed by atoms with Crippen molar-refractivity contribution in [3.05, 3.63) is 94.8 Å². The van der Waals surface area contributed by atoms with Gasteiger partial charge in [0.2, 0.25) is 11.8 Å². The number of anilines is 1. The van der Waals surface area contributed by atoms with Crippen molar-refractivity contribution in [2.24, 2.45) is 0 Å². The second-order valence-corrected chi connectivity index (χ2v) is 10.8. The number of hydrogen-bond donors (Lipinski definition) is 1. The fourth-order valence-electron chi connectivity index (χ4n) is 3.96. The molecule has 0 bridgehead atoms. The predicted molar refractivity (Wildman–Crippen MR) is 142 cm³/mol. The molecule has 0 aromatic heterocycles. The van der Waals surface area contributed by atoms with Crippen molar-refractivity contribution in [2.45, 2.75) is 45.2 Å². The summed E-state index contributed by atoms with van der Waals surface area (Å²) in [5, 5.41) is 2.51. The molecule has 3 aromatic carbocycles. The fraction of sp³-hybridized carbons (Fsp3) is 0.286. The zero-order chi connectivity index (χ0) is 27.3. The fourth-order valence-corrected chi connectivity index (χ4v) is 5.43. The summed E-state index contributed by atoms with van der Waals surface area (Å²) in [4.78, 5) is 27.5. The minimum Gasteiger partial charge on any atom is -0.357 e. The number of benzene rings is 3. The highest BCUT2D eigenvalue weighted by Gasteiger charge is 2.33. The Kier molecular flexibility index (Phi) is 8.70. The van der Waals surface area contributed by atoms with Gasteiger partial charge in [0.25, 0.3) is 10.0 Å². The molecular formula is C28H32FN3O4S. The van der Waals surface area contributed by atoms with Crippen molar-refractivity contribution < 1.29 is 22.4 Å². The molecule has 0 heterocycles. The van der Waals surface area contributed by atoms with E-state index >= 15 is 0 Å². The Labute approximate surface area is 218 Å². The Morgan fingerprint density at radius 1 is 0.946 bits per heavy atom. The van der Waals surface area contributed by atoms with Crippen LogP contribution in [-0.4, -0.2) is 44.8 Å². The summed E-state index contributed by atoms with van der Waals surface area (Å²) in [6.07, 6.45) is 0. The Morgan fingerprint density at radius 2 is 1.59 bits per heavy atom. The standard InChI is InChI=1S/C28H32FN3O4S/c1-19-13-15-24(16-14-19)37(35,36)32(26-12-8-9-20(2)21(26)3)18-27(33)31(22(4)28(34)30-5)17-23-10-6-7-11-25(23)29/h6-16,22H,17-18H2,1-5H3,(H,30,34)/t22-/m0/s1. The highest BCUT2D eigenvalue weighted by molar-refractivity contribution is 7.92. The molecule has 0 unspecified atom stereocenters. The third-order valence-corrected chi connectivity index (χ3v) is 8.22. The third-order valence-electron chi connectivity index (χ3n) is 6.44. The molecule has 0 fully saturated rings. The molecule has 0 radical (unpaired) electrons. The molecule has 3 aromatic rings. The van der Waals surface area contributed by atoms with Crippen LogP contribution in [0, 0.1) is 26.6 Å². The van der Waals surface area contributed by atoms with Gasteiger partial charge < -0.3 is 10.2 Å². The van der Waals surface area contributed by atoms with E-state index in [4.69, 9.17) is 0 Å². The smallest absolute Gasteiger partial charge is 0.264 e. The summed E-state index contributed by atoms with van der Waals surface area (Å²) in [6, 6.07) is 16.6. The SMILES string of the molecule is CNC(=O)[C@H](C)N(Cc1ccccc1F)C(=O)CN(c1cccc(C)c1C)S(=O)(=O)c1ccc(C)cc1. The summed E-state index contributed by atoms with van der Waals surface area (Å²) in [6.45, 7) is 6.24. The zero-order valence-electron chi connectivity index (χ0n) is 21.7. The van der Waals surface area contributed by atoms with E-state index in [0.717, 1.165) is 15.4 Å². The molecule has 0 saturated carbocycles. The highest BCUT2D eigenvalue weighted by Crippen LogP contribution is 2.29. The lowest BCUT2D eigenvalue weighted by Crippen LogP contribution is -2.51. The first-order chi connectivity index (χ1) is 17.5. The van der Waals surface area contributed by atoms with E-state index in [1.54, 1.807) is 37.3 Å². The minimum absolute atomic E-state index is 0.0341. The summed E-state index contributed by atoms with van der Waals surface area (Å²) >= 11 is 0. The van der Waals surface area contributed by atoms with Crippen molar-refractivity contribution in [3.8, 4) is 0 Å². The molecule has 0 aliphatic carbocycles. The van der Waals surface area contributed by atoms with Gasteiger partial charge in [-0.2, -0.15) is 0 Å². The van der Waals surface area contributed by atoms with Crippen molar-refractivity contribution in [2.75, 3.05) is 17.9 Å². The van der Waals surface area contributed by atoms with Gasteiger partial charge in [0.1, 0.15) is 18.4 Å². The highest BCUT2D eigenvalue weighted by atomic mass is 32.2. The Balaban J connectivity index is 2.09. The largest absolute Gasteiger partial charge is 0.357 e. The number of aryl methyl sites for hydroxylation is 2. The molecule has 1 atom stereocenters. The molecule has 37 heavy (non-hydrogen) atoms. The second-order valence-electron chi connectivity index (χ2n) is 8.95. The minimum atomic E-state index is -4.16. The molecule has 0 aliphatic rings. The Morgan fingerprint density at radius 3 is 2.22 bits per heavy atom. The first-order valence-electron chi connectivity index (χ1n) is 11.9. The average molecular weight is 526 g/mol. The maximum Gasteiger partial charge on any atom is 0.264 e. The van der Waals surface area contributed by atoms with Gasteiger partial charge in [0, 0.05) is 19.2 Å². The Bertz CT molecular complexity index is 1390. The molecule has 1 N–H and O–H groups in total.